The van der Waals surface area contributed by atoms with Gasteiger partial charge in [0.2, 0.25) is 0 Å². The summed E-state index contributed by atoms with van der Waals surface area (Å²) in [5, 5.41) is 0. The van der Waals surface area contributed by atoms with Gasteiger partial charge >= 0.3 is 0 Å². The van der Waals surface area contributed by atoms with E-state index in [0.29, 0.717) is 30.0 Å². The maximum atomic E-state index is 12.3. The van der Waals surface area contributed by atoms with Crippen LogP contribution in [0.2, 0.25) is 0 Å². The van der Waals surface area contributed by atoms with Gasteiger partial charge in [0.1, 0.15) is 5.60 Å². The number of ether oxygens (including phenoxy) is 1. The molecule has 2 nitrogen and oxygen atoms in total. The van der Waals surface area contributed by atoms with Crippen molar-refractivity contribution in [1.29, 1.82) is 0 Å². The lowest BCUT2D eigenvalue weighted by Crippen LogP contribution is -2.52. The van der Waals surface area contributed by atoms with Gasteiger partial charge in [0.05, 0.1) is 0 Å². The van der Waals surface area contributed by atoms with Crippen molar-refractivity contribution in [3.63, 3.8) is 0 Å². The van der Waals surface area contributed by atoms with Crippen molar-refractivity contribution in [2.75, 3.05) is 7.11 Å². The van der Waals surface area contributed by atoms with E-state index in [9.17, 15) is 4.79 Å². The fourth-order valence-electron chi connectivity index (χ4n) is 3.31. The van der Waals surface area contributed by atoms with E-state index in [-0.39, 0.29) is 0 Å². The topological polar surface area (TPSA) is 26.3 Å². The Labute approximate surface area is 99.8 Å². The molecule has 2 heteroatoms. The van der Waals surface area contributed by atoms with E-state index in [0.717, 1.165) is 12.8 Å². The van der Waals surface area contributed by atoms with Gasteiger partial charge in [0, 0.05) is 13.5 Å². The lowest BCUT2D eigenvalue weighted by molar-refractivity contribution is -0.160. The van der Waals surface area contributed by atoms with Gasteiger partial charge in [-0.05, 0) is 30.6 Å². The summed E-state index contributed by atoms with van der Waals surface area (Å²) in [4.78, 5) is 12.3. The number of rotatable bonds is 4. The van der Waals surface area contributed by atoms with Gasteiger partial charge in [0.15, 0.2) is 5.78 Å². The van der Waals surface area contributed by atoms with Crippen LogP contribution in [0.3, 0.4) is 0 Å². The first-order valence-corrected chi connectivity index (χ1v) is 6.56. The summed E-state index contributed by atoms with van der Waals surface area (Å²) in [5.74, 6) is 1.80. The maximum Gasteiger partial charge on any atom is 0.164 e. The van der Waals surface area contributed by atoms with Gasteiger partial charge < -0.3 is 4.74 Å². The van der Waals surface area contributed by atoms with E-state index in [2.05, 4.69) is 20.8 Å². The van der Waals surface area contributed by atoms with Gasteiger partial charge in [0.25, 0.3) is 0 Å². The molecule has 16 heavy (non-hydrogen) atoms. The van der Waals surface area contributed by atoms with E-state index in [1.54, 1.807) is 7.11 Å². The molecular weight excluding hydrogens is 200 g/mol. The molecule has 1 rings (SSSR count). The highest BCUT2D eigenvalue weighted by Crippen LogP contribution is 2.44. The van der Waals surface area contributed by atoms with E-state index in [1.165, 1.54) is 6.42 Å². The number of hydrogen-bond donors (Lipinski definition) is 0. The second-order valence-electron chi connectivity index (χ2n) is 5.61. The fraction of sp³-hybridized carbons (Fsp3) is 0.929. The van der Waals surface area contributed by atoms with Crippen molar-refractivity contribution in [3.8, 4) is 0 Å². The fourth-order valence-corrected chi connectivity index (χ4v) is 3.31. The highest BCUT2D eigenvalue weighted by molar-refractivity contribution is 5.87. The van der Waals surface area contributed by atoms with Crippen molar-refractivity contribution in [2.45, 2.75) is 59.0 Å². The van der Waals surface area contributed by atoms with Gasteiger partial charge in [-0.25, -0.2) is 0 Å². The first-order valence-electron chi connectivity index (χ1n) is 6.56. The minimum absolute atomic E-state index is 0.292. The molecular formula is C14H26O2. The number of hydrogen-bond acceptors (Lipinski definition) is 2. The van der Waals surface area contributed by atoms with E-state index in [4.69, 9.17) is 4.74 Å². The quantitative estimate of drug-likeness (QED) is 0.734. The Morgan fingerprint density at radius 1 is 1.44 bits per heavy atom. The molecule has 1 fully saturated rings. The van der Waals surface area contributed by atoms with E-state index < -0.39 is 5.60 Å². The molecule has 0 heterocycles. The van der Waals surface area contributed by atoms with Crippen LogP contribution in [-0.4, -0.2) is 18.5 Å². The number of carbonyl (C=O) groups excluding carboxylic acids is 1. The first-order chi connectivity index (χ1) is 7.47. The minimum Gasteiger partial charge on any atom is -0.370 e. The van der Waals surface area contributed by atoms with Crippen molar-refractivity contribution in [3.05, 3.63) is 0 Å². The van der Waals surface area contributed by atoms with Crippen LogP contribution in [0.15, 0.2) is 0 Å². The summed E-state index contributed by atoms with van der Waals surface area (Å²) in [5.41, 5.74) is -0.499. The molecule has 3 unspecified atom stereocenters. The Morgan fingerprint density at radius 3 is 2.50 bits per heavy atom. The molecule has 1 aliphatic rings. The van der Waals surface area contributed by atoms with E-state index in [1.807, 2.05) is 6.92 Å². The molecule has 0 aliphatic heterocycles. The zero-order chi connectivity index (χ0) is 12.3. The predicted octanol–water partition coefficient (Wildman–Crippen LogP) is 3.44. The van der Waals surface area contributed by atoms with Gasteiger partial charge in [-0.3, -0.25) is 4.79 Å². The highest BCUT2D eigenvalue weighted by Gasteiger charge is 2.48. The monoisotopic (exact) mass is 226 g/mol. The molecule has 94 valence electrons. The van der Waals surface area contributed by atoms with Crippen molar-refractivity contribution < 1.29 is 9.53 Å². The molecule has 0 spiro atoms. The molecule has 1 saturated carbocycles. The Morgan fingerprint density at radius 2 is 2.06 bits per heavy atom. The first kappa shape index (κ1) is 13.7. The molecule has 0 saturated heterocycles. The molecule has 0 N–H and O–H groups in total. The molecule has 0 bridgehead atoms. The predicted molar refractivity (Wildman–Crippen MR) is 66.4 cm³/mol. The van der Waals surface area contributed by atoms with Crippen LogP contribution in [0.4, 0.5) is 0 Å². The molecule has 0 aromatic rings. The van der Waals surface area contributed by atoms with Crippen molar-refractivity contribution in [2.24, 2.45) is 17.8 Å². The second kappa shape index (κ2) is 5.31. The van der Waals surface area contributed by atoms with Crippen LogP contribution in [0, 0.1) is 17.8 Å². The van der Waals surface area contributed by atoms with Crippen LogP contribution >= 0.6 is 0 Å². The number of carbonyl (C=O) groups is 1. The zero-order valence-electron chi connectivity index (χ0n) is 11.4. The van der Waals surface area contributed by atoms with Crippen LogP contribution in [0.5, 0.6) is 0 Å². The summed E-state index contributed by atoms with van der Waals surface area (Å²) < 4.78 is 5.73. The molecule has 1 aliphatic carbocycles. The highest BCUT2D eigenvalue weighted by atomic mass is 16.5. The third-order valence-electron chi connectivity index (χ3n) is 4.18. The second-order valence-corrected chi connectivity index (χ2v) is 5.61. The summed E-state index contributed by atoms with van der Waals surface area (Å²) >= 11 is 0. The molecule has 0 aromatic carbocycles. The van der Waals surface area contributed by atoms with Crippen molar-refractivity contribution >= 4 is 5.78 Å². The lowest BCUT2D eigenvalue weighted by Gasteiger charge is -2.46. The summed E-state index contributed by atoms with van der Waals surface area (Å²) in [6.45, 7) is 8.59. The van der Waals surface area contributed by atoms with Gasteiger partial charge in [-0.1, -0.05) is 34.1 Å². The standard InChI is InChI=1S/C14H26O2/c1-6-13(15)14(16-5)9-11(4)7-8-12(14)10(2)3/h10-12H,6-9H2,1-5H3. The third-order valence-corrected chi connectivity index (χ3v) is 4.18. The maximum absolute atomic E-state index is 12.3. The Balaban J connectivity index is 3.02. The number of methoxy groups -OCH3 is 1. The van der Waals surface area contributed by atoms with E-state index >= 15 is 0 Å². The molecule has 0 amide bonds. The average Bonchev–Trinajstić information content (AvgIpc) is 2.26. The number of ketones is 1. The molecule has 0 radical (unpaired) electrons. The van der Waals surface area contributed by atoms with Crippen LogP contribution in [0.25, 0.3) is 0 Å². The minimum atomic E-state index is -0.499. The zero-order valence-corrected chi connectivity index (χ0v) is 11.4. The number of Topliss-reactive ketones (excluding diaryl/α,β-unsaturated/α-hetero) is 1. The Kier molecular flexibility index (Phi) is 4.54. The Bertz CT molecular complexity index is 247. The third kappa shape index (κ3) is 2.32. The SMILES string of the molecule is CCC(=O)C1(OC)CC(C)CCC1C(C)C. The smallest absolute Gasteiger partial charge is 0.164 e. The van der Waals surface area contributed by atoms with Crippen LogP contribution < -0.4 is 0 Å². The lowest BCUT2D eigenvalue weighted by atomic mass is 9.65. The largest absolute Gasteiger partial charge is 0.370 e. The molecule has 3 atom stereocenters. The summed E-state index contributed by atoms with van der Waals surface area (Å²) in [6, 6.07) is 0. The summed E-state index contributed by atoms with van der Waals surface area (Å²) in [6.07, 6.45) is 3.84. The summed E-state index contributed by atoms with van der Waals surface area (Å²) in [7, 11) is 1.71. The average molecular weight is 226 g/mol. The molecule has 0 aromatic heterocycles. The van der Waals surface area contributed by atoms with Crippen molar-refractivity contribution in [1.82, 2.24) is 0 Å². The van der Waals surface area contributed by atoms with Crippen LogP contribution in [-0.2, 0) is 9.53 Å². The van der Waals surface area contributed by atoms with Gasteiger partial charge in [-0.2, -0.15) is 0 Å². The Hall–Kier alpha value is -0.370. The van der Waals surface area contributed by atoms with Crippen LogP contribution in [0.1, 0.15) is 53.4 Å². The normalized spacial score (nSPS) is 35.4. The van der Waals surface area contributed by atoms with Gasteiger partial charge in [-0.15, -0.1) is 0 Å².